The number of aromatic nitrogens is 1. The maximum atomic E-state index is 11.7. The Labute approximate surface area is 110 Å². The van der Waals surface area contributed by atoms with Crippen LogP contribution in [0.2, 0.25) is 0 Å². The first-order valence-corrected chi connectivity index (χ1v) is 5.84. The van der Waals surface area contributed by atoms with Crippen molar-refractivity contribution in [2.45, 2.75) is 19.9 Å². The van der Waals surface area contributed by atoms with Crippen molar-refractivity contribution in [3.8, 4) is 6.07 Å². The van der Waals surface area contributed by atoms with E-state index in [0.29, 0.717) is 11.5 Å². The molecule has 0 unspecified atom stereocenters. The van der Waals surface area contributed by atoms with E-state index in [1.165, 1.54) is 0 Å². The lowest BCUT2D eigenvalue weighted by atomic mass is 10.1. The van der Waals surface area contributed by atoms with Crippen molar-refractivity contribution in [1.29, 1.82) is 5.26 Å². The van der Waals surface area contributed by atoms with Gasteiger partial charge >= 0.3 is 0 Å². The van der Waals surface area contributed by atoms with Crippen LogP contribution in [0.25, 0.3) is 0 Å². The van der Waals surface area contributed by atoms with Crippen molar-refractivity contribution in [3.63, 3.8) is 0 Å². The largest absolute Gasteiger partial charge is 0.444 e. The summed E-state index contributed by atoms with van der Waals surface area (Å²) in [5, 5.41) is 11.4. The molecule has 0 aliphatic carbocycles. The third kappa shape index (κ3) is 3.68. The lowest BCUT2D eigenvalue weighted by molar-refractivity contribution is -0.120. The number of nitriles is 1. The number of carbonyl (C=O) groups excluding carboxylic acids is 1. The van der Waals surface area contributed by atoms with Crippen molar-refractivity contribution in [2.24, 2.45) is 0 Å². The van der Waals surface area contributed by atoms with Crippen molar-refractivity contribution < 1.29 is 9.21 Å². The second kappa shape index (κ2) is 5.83. The SMILES string of the molecule is Cc1cnc(CNC(=O)Cc2ccc(C#N)cc2)o1. The highest BCUT2D eigenvalue weighted by Crippen LogP contribution is 2.05. The van der Waals surface area contributed by atoms with Gasteiger partial charge in [0.1, 0.15) is 5.76 Å². The summed E-state index contributed by atoms with van der Waals surface area (Å²) in [4.78, 5) is 15.7. The van der Waals surface area contributed by atoms with E-state index in [1.54, 1.807) is 37.4 Å². The minimum atomic E-state index is -0.111. The quantitative estimate of drug-likeness (QED) is 0.902. The normalized spacial score (nSPS) is 9.89. The second-order valence-corrected chi connectivity index (χ2v) is 4.13. The highest BCUT2D eigenvalue weighted by atomic mass is 16.4. The fourth-order valence-corrected chi connectivity index (χ4v) is 1.60. The molecule has 0 saturated heterocycles. The van der Waals surface area contributed by atoms with E-state index < -0.39 is 0 Å². The topological polar surface area (TPSA) is 78.9 Å². The van der Waals surface area contributed by atoms with Gasteiger partial charge in [-0.05, 0) is 24.6 Å². The monoisotopic (exact) mass is 255 g/mol. The van der Waals surface area contributed by atoms with Crippen LogP contribution >= 0.6 is 0 Å². The Bertz CT molecular complexity index is 608. The molecule has 2 aromatic rings. The second-order valence-electron chi connectivity index (χ2n) is 4.13. The number of rotatable bonds is 4. The molecule has 0 aliphatic rings. The summed E-state index contributed by atoms with van der Waals surface area (Å²) in [6.45, 7) is 2.08. The molecule has 1 amide bonds. The van der Waals surface area contributed by atoms with Crippen LogP contribution in [-0.4, -0.2) is 10.9 Å². The first-order valence-electron chi connectivity index (χ1n) is 5.84. The maximum Gasteiger partial charge on any atom is 0.224 e. The predicted molar refractivity (Wildman–Crippen MR) is 67.9 cm³/mol. The summed E-state index contributed by atoms with van der Waals surface area (Å²) in [5.74, 6) is 1.10. The summed E-state index contributed by atoms with van der Waals surface area (Å²) in [5.41, 5.74) is 1.44. The number of amides is 1. The molecule has 2 rings (SSSR count). The van der Waals surface area contributed by atoms with E-state index in [4.69, 9.17) is 9.68 Å². The van der Waals surface area contributed by atoms with E-state index in [0.717, 1.165) is 11.3 Å². The number of oxazole rings is 1. The molecule has 1 aromatic carbocycles. The highest BCUT2D eigenvalue weighted by molar-refractivity contribution is 5.78. The minimum absolute atomic E-state index is 0.111. The smallest absolute Gasteiger partial charge is 0.224 e. The molecule has 0 radical (unpaired) electrons. The van der Waals surface area contributed by atoms with Crippen LogP contribution < -0.4 is 5.32 Å². The number of hydrogen-bond donors (Lipinski definition) is 1. The number of nitrogens with one attached hydrogen (secondary N) is 1. The van der Waals surface area contributed by atoms with Crippen LogP contribution in [0.4, 0.5) is 0 Å². The molecule has 0 aliphatic heterocycles. The van der Waals surface area contributed by atoms with Gasteiger partial charge in [0.15, 0.2) is 0 Å². The van der Waals surface area contributed by atoms with Gasteiger partial charge in [0.2, 0.25) is 11.8 Å². The average Bonchev–Trinajstić information content (AvgIpc) is 2.83. The van der Waals surface area contributed by atoms with Gasteiger partial charge < -0.3 is 9.73 Å². The zero-order valence-electron chi connectivity index (χ0n) is 10.5. The molecule has 5 nitrogen and oxygen atoms in total. The van der Waals surface area contributed by atoms with E-state index in [2.05, 4.69) is 10.3 Å². The molecular weight excluding hydrogens is 242 g/mol. The first-order chi connectivity index (χ1) is 9.17. The fraction of sp³-hybridized carbons (Fsp3) is 0.214. The molecule has 0 fully saturated rings. The van der Waals surface area contributed by atoms with Gasteiger partial charge in [0, 0.05) is 0 Å². The zero-order chi connectivity index (χ0) is 13.7. The van der Waals surface area contributed by atoms with Gasteiger partial charge in [-0.15, -0.1) is 0 Å². The number of carbonyl (C=O) groups is 1. The van der Waals surface area contributed by atoms with E-state index in [9.17, 15) is 4.79 Å². The van der Waals surface area contributed by atoms with Gasteiger partial charge in [0.25, 0.3) is 0 Å². The Hall–Kier alpha value is -2.61. The lowest BCUT2D eigenvalue weighted by Gasteiger charge is -2.03. The van der Waals surface area contributed by atoms with E-state index >= 15 is 0 Å². The van der Waals surface area contributed by atoms with Crippen LogP contribution in [0.3, 0.4) is 0 Å². The number of hydrogen-bond acceptors (Lipinski definition) is 4. The molecule has 96 valence electrons. The first kappa shape index (κ1) is 12.8. The zero-order valence-corrected chi connectivity index (χ0v) is 10.5. The Morgan fingerprint density at radius 3 is 2.74 bits per heavy atom. The molecule has 0 atom stereocenters. The van der Waals surface area contributed by atoms with Gasteiger partial charge in [-0.1, -0.05) is 12.1 Å². The summed E-state index contributed by atoms with van der Waals surface area (Å²) in [6, 6.07) is 8.97. The Morgan fingerprint density at radius 2 is 2.16 bits per heavy atom. The molecule has 19 heavy (non-hydrogen) atoms. The van der Waals surface area contributed by atoms with Crippen molar-refractivity contribution in [1.82, 2.24) is 10.3 Å². The Morgan fingerprint density at radius 1 is 1.42 bits per heavy atom. The standard InChI is InChI=1S/C14H13N3O2/c1-10-8-17-14(19-10)9-16-13(18)6-11-2-4-12(7-15)5-3-11/h2-5,8H,6,9H2,1H3,(H,16,18). The molecule has 1 aromatic heterocycles. The summed E-state index contributed by atoms with van der Waals surface area (Å²) < 4.78 is 5.25. The third-order valence-electron chi connectivity index (χ3n) is 2.55. The van der Waals surface area contributed by atoms with Gasteiger partial charge in [-0.2, -0.15) is 5.26 Å². The highest BCUT2D eigenvalue weighted by Gasteiger charge is 2.06. The molecule has 5 heteroatoms. The van der Waals surface area contributed by atoms with Crippen molar-refractivity contribution in [2.75, 3.05) is 0 Å². The molecule has 0 bridgehead atoms. The van der Waals surface area contributed by atoms with Gasteiger partial charge in [0.05, 0.1) is 30.8 Å². The van der Waals surface area contributed by atoms with E-state index in [-0.39, 0.29) is 18.9 Å². The van der Waals surface area contributed by atoms with Crippen LogP contribution in [0.15, 0.2) is 34.9 Å². The molecule has 0 saturated carbocycles. The Kier molecular flexibility index (Phi) is 3.94. The van der Waals surface area contributed by atoms with E-state index in [1.807, 2.05) is 6.07 Å². The van der Waals surface area contributed by atoms with Gasteiger partial charge in [-0.3, -0.25) is 4.79 Å². The molecule has 0 spiro atoms. The molecule has 1 heterocycles. The van der Waals surface area contributed by atoms with Crippen LogP contribution in [-0.2, 0) is 17.8 Å². The van der Waals surface area contributed by atoms with Crippen molar-refractivity contribution >= 4 is 5.91 Å². The maximum absolute atomic E-state index is 11.7. The Balaban J connectivity index is 1.85. The molecule has 1 N–H and O–H groups in total. The van der Waals surface area contributed by atoms with Gasteiger partial charge in [-0.25, -0.2) is 4.98 Å². The van der Waals surface area contributed by atoms with Crippen LogP contribution in [0.1, 0.15) is 22.8 Å². The number of nitrogens with zero attached hydrogens (tertiary/aromatic N) is 2. The van der Waals surface area contributed by atoms with Crippen LogP contribution in [0, 0.1) is 18.3 Å². The third-order valence-corrected chi connectivity index (χ3v) is 2.55. The van der Waals surface area contributed by atoms with Crippen molar-refractivity contribution in [3.05, 3.63) is 53.2 Å². The number of aryl methyl sites for hydroxylation is 1. The fourth-order valence-electron chi connectivity index (χ4n) is 1.60. The number of benzene rings is 1. The van der Waals surface area contributed by atoms with Crippen LogP contribution in [0.5, 0.6) is 0 Å². The summed E-state index contributed by atoms with van der Waals surface area (Å²) in [7, 11) is 0. The predicted octanol–water partition coefficient (Wildman–Crippen LogP) is 1.71. The summed E-state index contributed by atoms with van der Waals surface area (Å²) >= 11 is 0. The average molecular weight is 255 g/mol. The molecular formula is C14H13N3O2. The lowest BCUT2D eigenvalue weighted by Crippen LogP contribution is -2.24. The minimum Gasteiger partial charge on any atom is -0.444 e. The summed E-state index contributed by atoms with van der Waals surface area (Å²) in [6.07, 6.45) is 1.88.